The average Bonchev–Trinajstić information content (AvgIpc) is 3.03. The summed E-state index contributed by atoms with van der Waals surface area (Å²) in [7, 11) is 0. The number of nitrogens with zero attached hydrogens (tertiary/aromatic N) is 1. The number of hydrogen-bond donors (Lipinski definition) is 1. The maximum atomic E-state index is 6.00. The molecule has 0 amide bonds. The van der Waals surface area contributed by atoms with Gasteiger partial charge in [0, 0.05) is 42.1 Å². The van der Waals surface area contributed by atoms with Gasteiger partial charge in [0.25, 0.3) is 0 Å². The standard InChI is InChI=1S/C17H21ClN2O2/c18-13-4-5-15-16(6-8-20-17(15)11-13)19-7-2-9-21-12-14-3-1-10-22-14/h4-6,8,11,14H,1-3,7,9-10,12H2,(H,19,20). The van der Waals surface area contributed by atoms with Crippen molar-refractivity contribution >= 4 is 28.2 Å². The highest BCUT2D eigenvalue weighted by Gasteiger charge is 2.14. The van der Waals surface area contributed by atoms with Crippen LogP contribution in [0.25, 0.3) is 10.9 Å². The second kappa shape index (κ2) is 7.77. The highest BCUT2D eigenvalue weighted by Crippen LogP contribution is 2.24. The van der Waals surface area contributed by atoms with Gasteiger partial charge in [-0.2, -0.15) is 0 Å². The van der Waals surface area contributed by atoms with Crippen molar-refractivity contribution in [1.29, 1.82) is 0 Å². The van der Waals surface area contributed by atoms with E-state index < -0.39 is 0 Å². The molecule has 22 heavy (non-hydrogen) atoms. The lowest BCUT2D eigenvalue weighted by Gasteiger charge is -2.11. The van der Waals surface area contributed by atoms with E-state index in [1.807, 2.05) is 24.3 Å². The van der Waals surface area contributed by atoms with Gasteiger partial charge in [0.1, 0.15) is 0 Å². The lowest BCUT2D eigenvalue weighted by Crippen LogP contribution is -2.15. The molecule has 0 saturated carbocycles. The molecule has 1 atom stereocenters. The first kappa shape index (κ1) is 15.5. The SMILES string of the molecule is Clc1ccc2c(NCCCOCC3CCCO3)ccnc2c1. The summed E-state index contributed by atoms with van der Waals surface area (Å²) in [6.45, 7) is 3.22. The molecule has 2 heterocycles. The topological polar surface area (TPSA) is 43.4 Å². The minimum atomic E-state index is 0.307. The van der Waals surface area contributed by atoms with Crippen molar-refractivity contribution in [2.45, 2.75) is 25.4 Å². The van der Waals surface area contributed by atoms with E-state index in [0.29, 0.717) is 11.1 Å². The number of ether oxygens (including phenoxy) is 2. The number of aromatic nitrogens is 1. The molecule has 1 aromatic carbocycles. The van der Waals surface area contributed by atoms with Crippen LogP contribution in [0.2, 0.25) is 5.02 Å². The van der Waals surface area contributed by atoms with E-state index >= 15 is 0 Å². The molecule has 3 rings (SSSR count). The number of halogens is 1. The maximum Gasteiger partial charge on any atom is 0.0809 e. The van der Waals surface area contributed by atoms with E-state index in [2.05, 4.69) is 10.3 Å². The molecule has 1 aliphatic heterocycles. The van der Waals surface area contributed by atoms with E-state index in [1.165, 1.54) is 0 Å². The Kier molecular flexibility index (Phi) is 5.48. The first-order chi connectivity index (χ1) is 10.8. The Morgan fingerprint density at radius 2 is 2.32 bits per heavy atom. The minimum absolute atomic E-state index is 0.307. The first-order valence-electron chi connectivity index (χ1n) is 7.80. The number of anilines is 1. The number of hydrogen-bond acceptors (Lipinski definition) is 4. The van der Waals surface area contributed by atoms with Crippen molar-refractivity contribution in [2.75, 3.05) is 31.7 Å². The maximum absolute atomic E-state index is 6.00. The number of benzene rings is 1. The third kappa shape index (κ3) is 4.09. The van der Waals surface area contributed by atoms with Gasteiger partial charge in [-0.25, -0.2) is 0 Å². The molecule has 1 saturated heterocycles. The Hall–Kier alpha value is -1.36. The summed E-state index contributed by atoms with van der Waals surface area (Å²) in [6.07, 6.45) is 5.36. The normalized spacial score (nSPS) is 18.0. The van der Waals surface area contributed by atoms with Crippen LogP contribution >= 0.6 is 11.6 Å². The molecule has 1 aliphatic rings. The van der Waals surface area contributed by atoms with Gasteiger partial charge in [-0.1, -0.05) is 11.6 Å². The van der Waals surface area contributed by atoms with Crippen LogP contribution in [-0.4, -0.2) is 37.5 Å². The quantitative estimate of drug-likeness (QED) is 0.786. The summed E-state index contributed by atoms with van der Waals surface area (Å²) in [4.78, 5) is 4.34. The summed E-state index contributed by atoms with van der Waals surface area (Å²) in [6, 6.07) is 7.76. The van der Waals surface area contributed by atoms with Crippen molar-refractivity contribution in [3.63, 3.8) is 0 Å². The third-order valence-corrected chi connectivity index (χ3v) is 4.05. The molecule has 5 heteroatoms. The molecule has 118 valence electrons. The van der Waals surface area contributed by atoms with Crippen molar-refractivity contribution < 1.29 is 9.47 Å². The molecule has 0 radical (unpaired) electrons. The molecule has 2 aromatic rings. The average molecular weight is 321 g/mol. The summed E-state index contributed by atoms with van der Waals surface area (Å²) in [5, 5.41) is 5.24. The molecule has 1 N–H and O–H groups in total. The van der Waals surface area contributed by atoms with Crippen LogP contribution in [0.5, 0.6) is 0 Å². The van der Waals surface area contributed by atoms with Crippen molar-refractivity contribution in [2.24, 2.45) is 0 Å². The number of nitrogens with one attached hydrogen (secondary N) is 1. The van der Waals surface area contributed by atoms with Crippen LogP contribution in [0.4, 0.5) is 5.69 Å². The van der Waals surface area contributed by atoms with E-state index in [4.69, 9.17) is 21.1 Å². The van der Waals surface area contributed by atoms with Crippen LogP contribution in [0, 0.1) is 0 Å². The zero-order chi connectivity index (χ0) is 15.2. The summed E-state index contributed by atoms with van der Waals surface area (Å²) < 4.78 is 11.2. The van der Waals surface area contributed by atoms with E-state index in [1.54, 1.807) is 6.20 Å². The molecule has 1 unspecified atom stereocenters. The predicted molar refractivity (Wildman–Crippen MR) is 89.7 cm³/mol. The fourth-order valence-electron chi connectivity index (χ4n) is 2.66. The lowest BCUT2D eigenvalue weighted by atomic mass is 10.2. The molecule has 0 bridgehead atoms. The van der Waals surface area contributed by atoms with Crippen LogP contribution in [0.1, 0.15) is 19.3 Å². The fourth-order valence-corrected chi connectivity index (χ4v) is 2.83. The largest absolute Gasteiger partial charge is 0.384 e. The molecular weight excluding hydrogens is 300 g/mol. The second-order valence-corrected chi connectivity index (χ2v) is 5.95. The molecule has 1 aromatic heterocycles. The predicted octanol–water partition coefficient (Wildman–Crippen LogP) is 3.89. The summed E-state index contributed by atoms with van der Waals surface area (Å²) in [5.41, 5.74) is 1.99. The van der Waals surface area contributed by atoms with Crippen molar-refractivity contribution in [3.05, 3.63) is 35.5 Å². The van der Waals surface area contributed by atoms with Gasteiger partial charge in [-0.05, 0) is 43.5 Å². The third-order valence-electron chi connectivity index (χ3n) is 3.81. The van der Waals surface area contributed by atoms with Gasteiger partial charge in [0.05, 0.1) is 18.2 Å². The molecular formula is C17H21ClN2O2. The molecule has 1 fully saturated rings. The van der Waals surface area contributed by atoms with Gasteiger partial charge in [-0.15, -0.1) is 0 Å². The van der Waals surface area contributed by atoms with Gasteiger partial charge >= 0.3 is 0 Å². The highest BCUT2D eigenvalue weighted by molar-refractivity contribution is 6.31. The van der Waals surface area contributed by atoms with E-state index in [0.717, 1.165) is 62.2 Å². The van der Waals surface area contributed by atoms with Crippen LogP contribution in [-0.2, 0) is 9.47 Å². The highest BCUT2D eigenvalue weighted by atomic mass is 35.5. The molecule has 0 spiro atoms. The Labute approximate surface area is 135 Å². The minimum Gasteiger partial charge on any atom is -0.384 e. The van der Waals surface area contributed by atoms with Crippen molar-refractivity contribution in [1.82, 2.24) is 4.98 Å². The van der Waals surface area contributed by atoms with Gasteiger partial charge in [-0.3, -0.25) is 4.98 Å². The Balaban J connectivity index is 1.43. The van der Waals surface area contributed by atoms with Crippen LogP contribution in [0.3, 0.4) is 0 Å². The molecule has 0 aliphatic carbocycles. The zero-order valence-corrected chi connectivity index (χ0v) is 13.3. The van der Waals surface area contributed by atoms with Gasteiger partial charge in [0.15, 0.2) is 0 Å². The van der Waals surface area contributed by atoms with Gasteiger partial charge < -0.3 is 14.8 Å². The zero-order valence-electron chi connectivity index (χ0n) is 12.6. The number of pyridine rings is 1. The number of fused-ring (bicyclic) bond motifs is 1. The van der Waals surface area contributed by atoms with Gasteiger partial charge in [0.2, 0.25) is 0 Å². The Morgan fingerprint density at radius 1 is 1.36 bits per heavy atom. The Bertz CT molecular complexity index is 615. The van der Waals surface area contributed by atoms with Crippen LogP contribution in [0.15, 0.2) is 30.5 Å². The number of rotatable bonds is 7. The lowest BCUT2D eigenvalue weighted by molar-refractivity contribution is 0.0172. The smallest absolute Gasteiger partial charge is 0.0809 e. The second-order valence-electron chi connectivity index (χ2n) is 5.51. The van der Waals surface area contributed by atoms with E-state index in [-0.39, 0.29) is 0 Å². The first-order valence-corrected chi connectivity index (χ1v) is 8.18. The van der Waals surface area contributed by atoms with E-state index in [9.17, 15) is 0 Å². The fraction of sp³-hybridized carbons (Fsp3) is 0.471. The van der Waals surface area contributed by atoms with Crippen LogP contribution < -0.4 is 5.32 Å². The monoisotopic (exact) mass is 320 g/mol. The summed E-state index contributed by atoms with van der Waals surface area (Å²) in [5.74, 6) is 0. The summed E-state index contributed by atoms with van der Waals surface area (Å²) >= 11 is 6.00. The van der Waals surface area contributed by atoms with Crippen molar-refractivity contribution in [3.8, 4) is 0 Å². The molecule has 4 nitrogen and oxygen atoms in total. The Morgan fingerprint density at radius 3 is 3.18 bits per heavy atom.